The Balaban J connectivity index is 2.08. The zero-order chi connectivity index (χ0) is 25.3. The van der Waals surface area contributed by atoms with Crippen LogP contribution in [-0.4, -0.2) is 34.3 Å². The van der Waals surface area contributed by atoms with E-state index >= 15 is 0 Å². The molecule has 1 N–H and O–H groups in total. The summed E-state index contributed by atoms with van der Waals surface area (Å²) in [5, 5.41) is 11.6. The van der Waals surface area contributed by atoms with E-state index in [0.717, 1.165) is 11.1 Å². The molecule has 1 aromatic rings. The number of aliphatic hydroxyl groups excluding tert-OH is 1. The molecule has 0 aromatic heterocycles. The second-order valence-electron chi connectivity index (χ2n) is 11.4. The van der Waals surface area contributed by atoms with E-state index in [1.54, 1.807) is 50.3 Å². The Morgan fingerprint density at radius 1 is 0.912 bits per heavy atom. The minimum Gasteiger partial charge on any atom is -0.391 e. The highest BCUT2D eigenvalue weighted by Crippen LogP contribution is 2.73. The first-order chi connectivity index (χ1) is 15.8. The van der Waals surface area contributed by atoms with E-state index in [4.69, 9.17) is 0 Å². The Kier molecular flexibility index (Phi) is 5.52. The molecule has 0 unspecified atom stereocenters. The highest BCUT2D eigenvalue weighted by Gasteiger charge is 2.87. The fraction of sp³-hybridized carbons (Fsp3) is 0.517. The lowest BCUT2D eigenvalue weighted by molar-refractivity contribution is -0.223. The lowest BCUT2D eigenvalue weighted by Crippen LogP contribution is -2.84. The molecule has 180 valence electrons. The topological polar surface area (TPSA) is 88.5 Å². The van der Waals surface area contributed by atoms with Gasteiger partial charge >= 0.3 is 0 Å². The van der Waals surface area contributed by atoms with Crippen LogP contribution in [0, 0.1) is 27.6 Å². The molecule has 0 amide bonds. The van der Waals surface area contributed by atoms with E-state index in [0.29, 0.717) is 0 Å². The summed E-state index contributed by atoms with van der Waals surface area (Å²) in [6.45, 7) is 11.0. The quantitative estimate of drug-likeness (QED) is 0.377. The first kappa shape index (κ1) is 24.5. The SMILES string of the molecule is CC(C)=CC[C@@]12C[C@H]3[C@@H](O)[C@@](CC=C(C)C)(C1=O)C(=O)[C@@](C(=O)c1ccccc1)(C2=O)C3(C)C. The van der Waals surface area contributed by atoms with Gasteiger partial charge in [0.25, 0.3) is 0 Å². The molecule has 5 rings (SSSR count). The number of hydrogen-bond donors (Lipinski definition) is 1. The van der Waals surface area contributed by atoms with Gasteiger partial charge in [0.15, 0.2) is 28.5 Å². The van der Waals surface area contributed by atoms with E-state index in [9.17, 15) is 24.3 Å². The van der Waals surface area contributed by atoms with Crippen LogP contribution < -0.4 is 0 Å². The summed E-state index contributed by atoms with van der Waals surface area (Å²) in [5.41, 5.74) is -4.34. The Morgan fingerprint density at radius 2 is 1.47 bits per heavy atom. The maximum Gasteiger partial charge on any atom is 0.184 e. The van der Waals surface area contributed by atoms with Gasteiger partial charge in [-0.25, -0.2) is 0 Å². The van der Waals surface area contributed by atoms with Gasteiger partial charge in [-0.05, 0) is 58.3 Å². The Hall–Kier alpha value is -2.66. The number of hydrogen-bond acceptors (Lipinski definition) is 5. The number of benzene rings is 1. The van der Waals surface area contributed by atoms with Crippen molar-refractivity contribution in [3.8, 4) is 0 Å². The molecule has 5 nitrogen and oxygen atoms in total. The van der Waals surface area contributed by atoms with E-state index in [1.807, 2.05) is 33.8 Å². The van der Waals surface area contributed by atoms with Crippen molar-refractivity contribution < 1.29 is 24.3 Å². The van der Waals surface area contributed by atoms with E-state index in [-0.39, 0.29) is 24.8 Å². The molecular weight excluding hydrogens is 428 g/mol. The summed E-state index contributed by atoms with van der Waals surface area (Å²) in [4.78, 5) is 57.4. The van der Waals surface area contributed by atoms with Gasteiger partial charge < -0.3 is 5.11 Å². The Bertz CT molecular complexity index is 1150. The summed E-state index contributed by atoms with van der Waals surface area (Å²) in [5.74, 6) is -2.92. The molecule has 5 heteroatoms. The smallest absolute Gasteiger partial charge is 0.184 e. The van der Waals surface area contributed by atoms with Crippen LogP contribution in [0.4, 0.5) is 0 Å². The molecule has 1 aromatic carbocycles. The number of carbonyl (C=O) groups is 4. The molecule has 5 atom stereocenters. The van der Waals surface area contributed by atoms with Crippen LogP contribution in [0.15, 0.2) is 53.6 Å². The molecule has 0 saturated heterocycles. The highest BCUT2D eigenvalue weighted by atomic mass is 16.3. The van der Waals surface area contributed by atoms with Crippen molar-refractivity contribution in [3.05, 3.63) is 59.2 Å². The molecule has 0 spiro atoms. The molecule has 34 heavy (non-hydrogen) atoms. The predicted molar refractivity (Wildman–Crippen MR) is 129 cm³/mol. The third-order valence-electron chi connectivity index (χ3n) is 8.78. The second-order valence-corrected chi connectivity index (χ2v) is 11.4. The lowest BCUT2D eigenvalue weighted by Gasteiger charge is -2.69. The van der Waals surface area contributed by atoms with Crippen LogP contribution in [0.25, 0.3) is 0 Å². The fourth-order valence-corrected chi connectivity index (χ4v) is 6.85. The van der Waals surface area contributed by atoms with Crippen molar-refractivity contribution in [1.29, 1.82) is 0 Å². The van der Waals surface area contributed by atoms with Gasteiger partial charge in [-0.15, -0.1) is 0 Å². The summed E-state index contributed by atoms with van der Waals surface area (Å²) < 4.78 is 0. The van der Waals surface area contributed by atoms with Crippen LogP contribution in [0.2, 0.25) is 0 Å². The Morgan fingerprint density at radius 3 is 2.03 bits per heavy atom. The van der Waals surface area contributed by atoms with Gasteiger partial charge in [-0.3, -0.25) is 19.2 Å². The van der Waals surface area contributed by atoms with Crippen molar-refractivity contribution in [1.82, 2.24) is 0 Å². The van der Waals surface area contributed by atoms with Gasteiger partial charge in [-0.2, -0.15) is 0 Å². The Labute approximate surface area is 201 Å². The van der Waals surface area contributed by atoms with Crippen molar-refractivity contribution in [3.63, 3.8) is 0 Å². The normalized spacial score (nSPS) is 35.3. The fourth-order valence-electron chi connectivity index (χ4n) is 6.85. The molecule has 4 aliphatic rings. The first-order valence-electron chi connectivity index (χ1n) is 12.0. The molecule has 0 radical (unpaired) electrons. The lowest BCUT2D eigenvalue weighted by atomic mass is 9.28. The van der Waals surface area contributed by atoms with Gasteiger partial charge in [0, 0.05) is 5.56 Å². The van der Waals surface area contributed by atoms with Crippen LogP contribution in [0.1, 0.15) is 71.2 Å². The van der Waals surface area contributed by atoms with E-state index in [1.165, 1.54) is 0 Å². The third-order valence-corrected chi connectivity index (χ3v) is 8.78. The van der Waals surface area contributed by atoms with Crippen molar-refractivity contribution >= 4 is 23.1 Å². The average molecular weight is 463 g/mol. The summed E-state index contributed by atoms with van der Waals surface area (Å²) in [7, 11) is 0. The second kappa shape index (κ2) is 7.67. The maximum absolute atomic E-state index is 14.5. The van der Waals surface area contributed by atoms with Crippen molar-refractivity contribution in [2.45, 2.75) is 66.9 Å². The van der Waals surface area contributed by atoms with Crippen LogP contribution in [-0.2, 0) is 14.4 Å². The molecule has 4 aliphatic carbocycles. The van der Waals surface area contributed by atoms with Crippen LogP contribution in [0.5, 0.6) is 0 Å². The zero-order valence-electron chi connectivity index (χ0n) is 20.9. The number of Topliss-reactive ketones (excluding diaryl/α,β-unsaturated/α-hetero) is 4. The van der Waals surface area contributed by atoms with Crippen molar-refractivity contribution in [2.75, 3.05) is 0 Å². The van der Waals surface area contributed by atoms with E-state index in [2.05, 4.69) is 0 Å². The monoisotopic (exact) mass is 462 g/mol. The molecule has 4 bridgehead atoms. The molecule has 0 heterocycles. The highest BCUT2D eigenvalue weighted by molar-refractivity contribution is 6.42. The van der Waals surface area contributed by atoms with E-state index < -0.39 is 56.8 Å². The largest absolute Gasteiger partial charge is 0.391 e. The maximum atomic E-state index is 14.5. The van der Waals surface area contributed by atoms with Gasteiger partial charge in [0.05, 0.1) is 11.5 Å². The summed E-state index contributed by atoms with van der Waals surface area (Å²) in [6, 6.07) is 8.40. The zero-order valence-corrected chi connectivity index (χ0v) is 20.9. The van der Waals surface area contributed by atoms with Crippen LogP contribution in [0.3, 0.4) is 0 Å². The summed E-state index contributed by atoms with van der Waals surface area (Å²) in [6.07, 6.45) is 2.66. The minimum absolute atomic E-state index is 0.00554. The molecule has 4 fully saturated rings. The van der Waals surface area contributed by atoms with Gasteiger partial charge in [-0.1, -0.05) is 67.5 Å². The number of carbonyl (C=O) groups excluding carboxylic acids is 4. The van der Waals surface area contributed by atoms with Gasteiger partial charge in [0.1, 0.15) is 5.41 Å². The van der Waals surface area contributed by atoms with Crippen molar-refractivity contribution in [2.24, 2.45) is 27.6 Å². The predicted octanol–water partition coefficient (Wildman–Crippen LogP) is 4.68. The standard InChI is InChI=1S/C29H34O5/c1-17(2)12-14-27-16-20-22(31)28(23(27)32,15-13-18(3)4)25(34)29(24(27)33,26(20,5)6)21(30)19-10-8-7-9-11-19/h7-13,20,22,31H,14-16H2,1-6H3/t20-,22+,27+,28-,29+/m0/s1. The van der Waals surface area contributed by atoms with Gasteiger partial charge in [0.2, 0.25) is 0 Å². The molecule has 4 saturated carbocycles. The first-order valence-corrected chi connectivity index (χ1v) is 12.0. The average Bonchev–Trinajstić information content (AvgIpc) is 2.78. The third kappa shape index (κ3) is 2.70. The number of ketones is 4. The number of allylic oxidation sites excluding steroid dienone is 4. The number of aliphatic hydroxyl groups is 1. The number of rotatable bonds is 6. The minimum atomic E-state index is -2.02. The molecule has 0 aliphatic heterocycles. The summed E-state index contributed by atoms with van der Waals surface area (Å²) >= 11 is 0. The molecular formula is C29H34O5. The van der Waals surface area contributed by atoms with Crippen LogP contribution >= 0.6 is 0 Å².